The molecule has 3 N–H and O–H groups in total. The molecule has 15 heavy (non-hydrogen) atoms. The zero-order valence-corrected chi connectivity index (χ0v) is 8.72. The highest BCUT2D eigenvalue weighted by Gasteiger charge is 2.18. The Labute approximate surface area is 91.7 Å². The first-order chi connectivity index (χ1) is 7.06. The quantitative estimate of drug-likeness (QED) is 0.843. The van der Waals surface area contributed by atoms with Crippen LogP contribution in [-0.2, 0) is 0 Å². The summed E-state index contributed by atoms with van der Waals surface area (Å²) >= 11 is 5.68. The van der Waals surface area contributed by atoms with Crippen molar-refractivity contribution >= 4 is 11.6 Å². The van der Waals surface area contributed by atoms with Crippen molar-refractivity contribution < 1.29 is 13.9 Å². The van der Waals surface area contributed by atoms with Crippen LogP contribution >= 0.6 is 11.6 Å². The fraction of sp³-hybridized carbons (Fsp3) is 0.400. The number of alkyl halides is 2. The Morgan fingerprint density at radius 3 is 2.53 bits per heavy atom. The van der Waals surface area contributed by atoms with Gasteiger partial charge < -0.3 is 10.8 Å². The Morgan fingerprint density at radius 1 is 1.33 bits per heavy atom. The normalized spacial score (nSPS) is 13.2. The van der Waals surface area contributed by atoms with Crippen molar-refractivity contribution in [3.63, 3.8) is 0 Å². The molecule has 2 nitrogen and oxygen atoms in total. The van der Waals surface area contributed by atoms with Crippen molar-refractivity contribution in [3.05, 3.63) is 34.3 Å². The highest BCUT2D eigenvalue weighted by Crippen LogP contribution is 2.30. The molecule has 1 aromatic rings. The topological polar surface area (TPSA) is 46.2 Å². The molecule has 1 unspecified atom stereocenters. The second-order valence-electron chi connectivity index (χ2n) is 3.17. The molecule has 1 rings (SSSR count). The van der Waals surface area contributed by atoms with E-state index in [2.05, 4.69) is 0 Å². The third-order valence-electron chi connectivity index (χ3n) is 2.08. The lowest BCUT2D eigenvalue weighted by atomic mass is 10.0. The van der Waals surface area contributed by atoms with Gasteiger partial charge in [-0.05, 0) is 30.7 Å². The van der Waals surface area contributed by atoms with Crippen molar-refractivity contribution in [2.45, 2.75) is 19.0 Å². The van der Waals surface area contributed by atoms with E-state index in [0.717, 1.165) is 0 Å². The molecule has 0 aromatic heterocycles. The molecule has 0 heterocycles. The van der Waals surface area contributed by atoms with Gasteiger partial charge >= 0.3 is 0 Å². The maximum atomic E-state index is 12.6. The molecule has 1 aromatic carbocycles. The van der Waals surface area contributed by atoms with E-state index >= 15 is 0 Å². The number of rotatable bonds is 4. The van der Waals surface area contributed by atoms with Crippen LogP contribution in [-0.4, -0.2) is 11.7 Å². The van der Waals surface area contributed by atoms with Gasteiger partial charge in [0.15, 0.2) is 0 Å². The van der Waals surface area contributed by atoms with Crippen LogP contribution in [0.3, 0.4) is 0 Å². The highest BCUT2D eigenvalue weighted by atomic mass is 35.5. The van der Waals surface area contributed by atoms with Crippen LogP contribution in [0.4, 0.5) is 8.78 Å². The Hall–Kier alpha value is -0.710. The number of aliphatic hydroxyl groups is 1. The van der Waals surface area contributed by atoms with E-state index in [4.69, 9.17) is 17.3 Å². The maximum absolute atomic E-state index is 12.6. The van der Waals surface area contributed by atoms with Gasteiger partial charge in [0.05, 0.1) is 6.10 Å². The van der Waals surface area contributed by atoms with Gasteiger partial charge in [0.2, 0.25) is 0 Å². The summed E-state index contributed by atoms with van der Waals surface area (Å²) in [6.07, 6.45) is -3.37. The zero-order chi connectivity index (χ0) is 11.4. The molecule has 1 atom stereocenters. The summed E-state index contributed by atoms with van der Waals surface area (Å²) < 4.78 is 25.1. The Morgan fingerprint density at radius 2 is 2.00 bits per heavy atom. The van der Waals surface area contributed by atoms with Crippen molar-refractivity contribution in [2.24, 2.45) is 5.73 Å². The Kier molecular flexibility index (Phi) is 4.45. The molecule has 0 spiro atoms. The van der Waals surface area contributed by atoms with E-state index in [1.807, 2.05) is 0 Å². The predicted molar refractivity (Wildman–Crippen MR) is 55.0 cm³/mol. The van der Waals surface area contributed by atoms with Crippen molar-refractivity contribution in [1.82, 2.24) is 0 Å². The van der Waals surface area contributed by atoms with Gasteiger partial charge in [-0.1, -0.05) is 17.7 Å². The van der Waals surface area contributed by atoms with Crippen LogP contribution in [0.25, 0.3) is 0 Å². The van der Waals surface area contributed by atoms with Gasteiger partial charge in [0.1, 0.15) is 0 Å². The lowest BCUT2D eigenvalue weighted by Gasteiger charge is -2.14. The minimum Gasteiger partial charge on any atom is -0.388 e. The number of benzene rings is 1. The third kappa shape index (κ3) is 3.12. The van der Waals surface area contributed by atoms with Crippen LogP contribution in [0.5, 0.6) is 0 Å². The Balaban J connectivity index is 3.06. The average molecular weight is 236 g/mol. The van der Waals surface area contributed by atoms with Crippen LogP contribution in [0.2, 0.25) is 5.02 Å². The van der Waals surface area contributed by atoms with Gasteiger partial charge in [-0.2, -0.15) is 0 Å². The SMILES string of the molecule is NCCC(O)c1cc(Cl)ccc1C(F)F. The largest absolute Gasteiger partial charge is 0.388 e. The van der Waals surface area contributed by atoms with E-state index in [9.17, 15) is 13.9 Å². The second kappa shape index (κ2) is 5.39. The molecule has 0 radical (unpaired) electrons. The van der Waals surface area contributed by atoms with Crippen LogP contribution in [0.15, 0.2) is 18.2 Å². The minimum absolute atomic E-state index is 0.156. The van der Waals surface area contributed by atoms with Crippen LogP contribution in [0, 0.1) is 0 Å². The van der Waals surface area contributed by atoms with E-state index < -0.39 is 12.5 Å². The molecule has 0 fully saturated rings. The van der Waals surface area contributed by atoms with Crippen molar-refractivity contribution in [3.8, 4) is 0 Å². The zero-order valence-electron chi connectivity index (χ0n) is 7.96. The number of hydrogen-bond donors (Lipinski definition) is 2. The maximum Gasteiger partial charge on any atom is 0.264 e. The number of halogens is 3. The van der Waals surface area contributed by atoms with E-state index in [0.29, 0.717) is 5.02 Å². The highest BCUT2D eigenvalue weighted by molar-refractivity contribution is 6.30. The fourth-order valence-electron chi connectivity index (χ4n) is 1.35. The predicted octanol–water partition coefficient (Wildman–Crippen LogP) is 2.66. The van der Waals surface area contributed by atoms with Gasteiger partial charge in [-0.25, -0.2) is 8.78 Å². The van der Waals surface area contributed by atoms with Crippen LogP contribution in [0.1, 0.15) is 30.1 Å². The lowest BCUT2D eigenvalue weighted by molar-refractivity contribution is 0.134. The first-order valence-corrected chi connectivity index (χ1v) is 4.89. The van der Waals surface area contributed by atoms with Crippen molar-refractivity contribution in [1.29, 1.82) is 0 Å². The first-order valence-electron chi connectivity index (χ1n) is 4.52. The number of nitrogens with two attached hydrogens (primary N) is 1. The molecular weight excluding hydrogens is 224 g/mol. The summed E-state index contributed by atoms with van der Waals surface area (Å²) in [5.41, 5.74) is 5.21. The summed E-state index contributed by atoms with van der Waals surface area (Å²) in [5, 5.41) is 9.93. The minimum atomic E-state index is -2.62. The molecule has 0 aliphatic carbocycles. The van der Waals surface area contributed by atoms with Crippen LogP contribution < -0.4 is 5.73 Å². The molecular formula is C10H12ClF2NO. The summed E-state index contributed by atoms with van der Waals surface area (Å²) in [6.45, 7) is 0.232. The summed E-state index contributed by atoms with van der Waals surface area (Å²) in [7, 11) is 0. The Bertz CT molecular complexity index is 333. The molecule has 0 amide bonds. The smallest absolute Gasteiger partial charge is 0.264 e. The molecule has 0 saturated heterocycles. The number of aliphatic hydroxyl groups excluding tert-OH is 1. The lowest BCUT2D eigenvalue weighted by Crippen LogP contribution is -2.09. The third-order valence-corrected chi connectivity index (χ3v) is 2.32. The summed E-state index contributed by atoms with van der Waals surface area (Å²) in [4.78, 5) is 0. The van der Waals surface area contributed by atoms with E-state index in [-0.39, 0.29) is 24.1 Å². The van der Waals surface area contributed by atoms with Gasteiger partial charge in [-0.15, -0.1) is 0 Å². The van der Waals surface area contributed by atoms with Gasteiger partial charge in [0.25, 0.3) is 6.43 Å². The van der Waals surface area contributed by atoms with Crippen molar-refractivity contribution in [2.75, 3.05) is 6.54 Å². The monoisotopic (exact) mass is 235 g/mol. The number of hydrogen-bond acceptors (Lipinski definition) is 2. The first kappa shape index (κ1) is 12.4. The second-order valence-corrected chi connectivity index (χ2v) is 3.60. The fourth-order valence-corrected chi connectivity index (χ4v) is 1.53. The summed E-state index contributed by atoms with van der Waals surface area (Å²) in [5.74, 6) is 0. The van der Waals surface area contributed by atoms with Gasteiger partial charge in [0, 0.05) is 10.6 Å². The van der Waals surface area contributed by atoms with E-state index in [1.165, 1.54) is 18.2 Å². The molecule has 5 heteroatoms. The molecule has 0 aliphatic heterocycles. The molecule has 0 saturated carbocycles. The molecule has 0 bridgehead atoms. The van der Waals surface area contributed by atoms with E-state index in [1.54, 1.807) is 0 Å². The standard InChI is InChI=1S/C10H12ClF2NO/c11-6-1-2-7(10(12)13)8(5-6)9(15)3-4-14/h1-2,5,9-10,15H,3-4,14H2. The van der Waals surface area contributed by atoms with Gasteiger partial charge in [-0.3, -0.25) is 0 Å². The molecule has 0 aliphatic rings. The summed E-state index contributed by atoms with van der Waals surface area (Å²) in [6, 6.07) is 3.95. The average Bonchev–Trinajstić information content (AvgIpc) is 2.17. The molecule has 84 valence electrons.